The van der Waals surface area contributed by atoms with Crippen molar-refractivity contribution in [3.05, 3.63) is 35.4 Å². The number of amides is 1. The van der Waals surface area contributed by atoms with E-state index in [1.54, 1.807) is 0 Å². The zero-order valence-electron chi connectivity index (χ0n) is 18.1. The molecule has 0 aromatic heterocycles. The predicted octanol–water partition coefficient (Wildman–Crippen LogP) is 4.46. The first-order valence-corrected chi connectivity index (χ1v) is 11.9. The highest BCUT2D eigenvalue weighted by atomic mass is 16.3. The molecular formula is C25H38N2O2. The first-order chi connectivity index (χ1) is 14.1. The zero-order valence-corrected chi connectivity index (χ0v) is 18.1. The zero-order chi connectivity index (χ0) is 20.2. The van der Waals surface area contributed by atoms with E-state index in [0.29, 0.717) is 12.0 Å². The molecule has 2 aliphatic heterocycles. The number of benzene rings is 1. The number of aliphatic hydroxyl groups is 1. The van der Waals surface area contributed by atoms with Crippen LogP contribution in [0.4, 0.5) is 0 Å². The van der Waals surface area contributed by atoms with Gasteiger partial charge in [-0.1, -0.05) is 25.5 Å². The number of nitrogens with zero attached hydrogens (tertiary/aromatic N) is 2. The third kappa shape index (κ3) is 5.03. The van der Waals surface area contributed by atoms with Crippen LogP contribution in [0.15, 0.2) is 24.3 Å². The fourth-order valence-electron chi connectivity index (χ4n) is 5.84. The van der Waals surface area contributed by atoms with Gasteiger partial charge in [0.15, 0.2) is 0 Å². The Morgan fingerprint density at radius 2 is 1.83 bits per heavy atom. The van der Waals surface area contributed by atoms with E-state index in [1.807, 2.05) is 17.0 Å². The van der Waals surface area contributed by atoms with E-state index < -0.39 is 0 Å². The normalized spacial score (nSPS) is 31.6. The van der Waals surface area contributed by atoms with Gasteiger partial charge in [-0.05, 0) is 81.5 Å². The maximum atomic E-state index is 12.9. The van der Waals surface area contributed by atoms with Crippen molar-refractivity contribution >= 4 is 5.91 Å². The van der Waals surface area contributed by atoms with Gasteiger partial charge in [0, 0.05) is 37.2 Å². The van der Waals surface area contributed by atoms with E-state index in [1.165, 1.54) is 31.2 Å². The Bertz CT molecular complexity index is 685. The largest absolute Gasteiger partial charge is 0.393 e. The molecule has 3 aliphatic rings. The molecule has 4 atom stereocenters. The second-order valence-electron chi connectivity index (χ2n) is 9.74. The Balaban J connectivity index is 1.46. The van der Waals surface area contributed by atoms with Crippen molar-refractivity contribution < 1.29 is 9.90 Å². The molecule has 1 amide bonds. The molecule has 160 valence electrons. The predicted molar refractivity (Wildman–Crippen MR) is 117 cm³/mol. The fraction of sp³-hybridized carbons (Fsp3) is 0.720. The van der Waals surface area contributed by atoms with Gasteiger partial charge in [0.2, 0.25) is 0 Å². The van der Waals surface area contributed by atoms with Gasteiger partial charge in [-0.3, -0.25) is 9.69 Å². The molecule has 1 aromatic rings. The first-order valence-electron chi connectivity index (χ1n) is 11.9. The molecular weight excluding hydrogens is 360 g/mol. The lowest BCUT2D eigenvalue weighted by Crippen LogP contribution is -2.49. The standard InChI is InChI=1S/C25H38N2O2/c1-19-11-12-24(28)22(16-19)23-10-3-6-15-27(23)18-20-8-7-9-21(17-20)25(29)26-13-4-2-5-14-26/h7-9,17,19,22-24,28H,2-6,10-16,18H2,1H3/t19-,22+,23+,24+/m1/s1. The Morgan fingerprint density at radius 3 is 2.66 bits per heavy atom. The molecule has 1 N–H and O–H groups in total. The lowest BCUT2D eigenvalue weighted by molar-refractivity contribution is -0.0204. The third-order valence-electron chi connectivity index (χ3n) is 7.49. The molecule has 2 heterocycles. The van der Waals surface area contributed by atoms with Gasteiger partial charge < -0.3 is 10.0 Å². The van der Waals surface area contributed by atoms with Gasteiger partial charge in [-0.25, -0.2) is 0 Å². The summed E-state index contributed by atoms with van der Waals surface area (Å²) in [6, 6.07) is 8.77. The molecule has 1 aromatic carbocycles. The quantitative estimate of drug-likeness (QED) is 0.814. The molecule has 3 fully saturated rings. The van der Waals surface area contributed by atoms with Crippen molar-refractivity contribution in [3.8, 4) is 0 Å². The molecule has 4 rings (SSSR count). The van der Waals surface area contributed by atoms with E-state index in [-0.39, 0.29) is 12.0 Å². The van der Waals surface area contributed by atoms with Gasteiger partial charge in [-0.15, -0.1) is 0 Å². The summed E-state index contributed by atoms with van der Waals surface area (Å²) < 4.78 is 0. The second-order valence-corrected chi connectivity index (χ2v) is 9.74. The Kier molecular flexibility index (Phi) is 6.92. The number of hydrogen-bond donors (Lipinski definition) is 1. The average molecular weight is 399 g/mol. The maximum absolute atomic E-state index is 12.9. The summed E-state index contributed by atoms with van der Waals surface area (Å²) >= 11 is 0. The topological polar surface area (TPSA) is 43.8 Å². The minimum absolute atomic E-state index is 0.149. The molecule has 0 unspecified atom stereocenters. The van der Waals surface area contributed by atoms with Gasteiger partial charge >= 0.3 is 0 Å². The highest BCUT2D eigenvalue weighted by Crippen LogP contribution is 2.37. The molecule has 2 saturated heterocycles. The monoisotopic (exact) mass is 398 g/mol. The summed E-state index contributed by atoms with van der Waals surface area (Å²) in [5, 5.41) is 10.7. The molecule has 1 saturated carbocycles. The fourth-order valence-corrected chi connectivity index (χ4v) is 5.84. The summed E-state index contributed by atoms with van der Waals surface area (Å²) in [6.07, 6.45) is 10.3. The maximum Gasteiger partial charge on any atom is 0.253 e. The average Bonchev–Trinajstić information content (AvgIpc) is 2.76. The molecule has 29 heavy (non-hydrogen) atoms. The van der Waals surface area contributed by atoms with Gasteiger partial charge in [0.25, 0.3) is 5.91 Å². The molecule has 0 spiro atoms. The Hall–Kier alpha value is -1.39. The second kappa shape index (κ2) is 9.61. The number of carbonyl (C=O) groups excluding carboxylic acids is 1. The molecule has 4 nitrogen and oxygen atoms in total. The minimum atomic E-state index is -0.149. The van der Waals surface area contributed by atoms with Crippen LogP contribution in [0.3, 0.4) is 0 Å². The van der Waals surface area contributed by atoms with Crippen LogP contribution in [-0.2, 0) is 6.54 Å². The summed E-state index contributed by atoms with van der Waals surface area (Å²) in [5.41, 5.74) is 2.07. The smallest absolute Gasteiger partial charge is 0.253 e. The number of rotatable bonds is 4. The van der Waals surface area contributed by atoms with Gasteiger partial charge in [0.05, 0.1) is 6.10 Å². The van der Waals surface area contributed by atoms with E-state index >= 15 is 0 Å². The lowest BCUT2D eigenvalue weighted by Gasteiger charge is -2.45. The number of aliphatic hydroxyl groups excluding tert-OH is 1. The highest BCUT2D eigenvalue weighted by Gasteiger charge is 2.37. The van der Waals surface area contributed by atoms with Crippen LogP contribution in [-0.4, -0.2) is 52.6 Å². The van der Waals surface area contributed by atoms with Crippen LogP contribution < -0.4 is 0 Å². The first kappa shape index (κ1) is 20.9. The summed E-state index contributed by atoms with van der Waals surface area (Å²) in [5.74, 6) is 1.31. The Labute approximate surface area is 176 Å². The third-order valence-corrected chi connectivity index (χ3v) is 7.49. The SMILES string of the molecule is C[C@@H]1CC[C@H](O)[C@H]([C@@H]2CCCCN2Cc2cccc(C(=O)N3CCCCC3)c2)C1. The van der Waals surface area contributed by atoms with E-state index in [0.717, 1.165) is 69.8 Å². The van der Waals surface area contributed by atoms with Crippen molar-refractivity contribution in [3.63, 3.8) is 0 Å². The molecule has 4 heteroatoms. The van der Waals surface area contributed by atoms with Crippen LogP contribution in [0.2, 0.25) is 0 Å². The summed E-state index contributed by atoms with van der Waals surface area (Å²) in [4.78, 5) is 17.5. The number of carbonyl (C=O) groups is 1. The Morgan fingerprint density at radius 1 is 1.03 bits per heavy atom. The van der Waals surface area contributed by atoms with Crippen molar-refractivity contribution in [2.24, 2.45) is 11.8 Å². The summed E-state index contributed by atoms with van der Waals surface area (Å²) in [6.45, 7) is 6.13. The van der Waals surface area contributed by atoms with E-state index in [2.05, 4.69) is 24.0 Å². The van der Waals surface area contributed by atoms with Crippen LogP contribution in [0.5, 0.6) is 0 Å². The highest BCUT2D eigenvalue weighted by molar-refractivity contribution is 5.94. The van der Waals surface area contributed by atoms with Crippen LogP contribution >= 0.6 is 0 Å². The molecule has 0 bridgehead atoms. The van der Waals surface area contributed by atoms with Crippen molar-refractivity contribution in [2.45, 2.75) is 83.4 Å². The van der Waals surface area contributed by atoms with Crippen LogP contribution in [0, 0.1) is 11.8 Å². The minimum Gasteiger partial charge on any atom is -0.393 e. The van der Waals surface area contributed by atoms with Crippen LogP contribution in [0.1, 0.15) is 80.6 Å². The van der Waals surface area contributed by atoms with Crippen molar-refractivity contribution in [1.82, 2.24) is 9.80 Å². The van der Waals surface area contributed by atoms with E-state index in [4.69, 9.17) is 0 Å². The van der Waals surface area contributed by atoms with Gasteiger partial charge in [0.1, 0.15) is 0 Å². The lowest BCUT2D eigenvalue weighted by atomic mass is 9.74. The van der Waals surface area contributed by atoms with Crippen molar-refractivity contribution in [1.29, 1.82) is 0 Å². The summed E-state index contributed by atoms with van der Waals surface area (Å²) in [7, 11) is 0. The number of hydrogen-bond acceptors (Lipinski definition) is 3. The number of likely N-dealkylation sites (tertiary alicyclic amines) is 2. The molecule has 1 aliphatic carbocycles. The molecule has 0 radical (unpaired) electrons. The van der Waals surface area contributed by atoms with Gasteiger partial charge in [-0.2, -0.15) is 0 Å². The van der Waals surface area contributed by atoms with Crippen LogP contribution in [0.25, 0.3) is 0 Å². The van der Waals surface area contributed by atoms with Crippen molar-refractivity contribution in [2.75, 3.05) is 19.6 Å². The number of piperidine rings is 2. The van der Waals surface area contributed by atoms with E-state index in [9.17, 15) is 9.90 Å².